The first-order valence-electron chi connectivity index (χ1n) is 6.95. The molecule has 0 atom stereocenters. The van der Waals surface area contributed by atoms with Crippen LogP contribution in [0.25, 0.3) is 0 Å². The van der Waals surface area contributed by atoms with E-state index in [2.05, 4.69) is 20.2 Å². The topological polar surface area (TPSA) is 76.3 Å². The van der Waals surface area contributed by atoms with E-state index in [0.717, 1.165) is 63.9 Å². The maximum Gasteiger partial charge on any atom is 0.132 e. The second-order valence-corrected chi connectivity index (χ2v) is 4.68. The third-order valence-corrected chi connectivity index (χ3v) is 3.17. The van der Waals surface area contributed by atoms with Crippen LogP contribution in [0.4, 0.5) is 11.6 Å². The molecule has 0 bridgehead atoms. The van der Waals surface area contributed by atoms with E-state index in [9.17, 15) is 0 Å². The number of morpholine rings is 1. The predicted molar refractivity (Wildman–Crippen MR) is 76.2 cm³/mol. The maximum atomic E-state index is 5.74. The predicted octanol–water partition coefficient (Wildman–Crippen LogP) is 0.755. The lowest BCUT2D eigenvalue weighted by Crippen LogP contribution is -2.37. The summed E-state index contributed by atoms with van der Waals surface area (Å²) in [6, 6.07) is 1.79. The van der Waals surface area contributed by atoms with Crippen molar-refractivity contribution >= 4 is 11.6 Å². The molecule has 6 heteroatoms. The van der Waals surface area contributed by atoms with Gasteiger partial charge in [0.05, 0.1) is 13.2 Å². The standard InChI is InChI=1S/C13H23N5O/c1-2-12-16-11(14)10-13(17-12)15-4-3-5-18-6-8-19-9-7-18/h10H,2-9H2,1H3,(H3,14,15,16,17). The Balaban J connectivity index is 1.71. The van der Waals surface area contributed by atoms with Gasteiger partial charge in [0.2, 0.25) is 0 Å². The molecule has 1 aromatic rings. The van der Waals surface area contributed by atoms with Crippen LogP contribution in [0.3, 0.4) is 0 Å². The minimum absolute atomic E-state index is 0.530. The number of nitrogens with one attached hydrogen (secondary N) is 1. The number of nitrogens with zero attached hydrogens (tertiary/aromatic N) is 3. The molecule has 0 unspecified atom stereocenters. The lowest BCUT2D eigenvalue weighted by atomic mass is 10.3. The van der Waals surface area contributed by atoms with Crippen LogP contribution in [0.15, 0.2) is 6.07 Å². The van der Waals surface area contributed by atoms with Crippen LogP contribution in [0.2, 0.25) is 0 Å². The highest BCUT2D eigenvalue weighted by atomic mass is 16.5. The first kappa shape index (κ1) is 14.0. The normalized spacial score (nSPS) is 16.5. The van der Waals surface area contributed by atoms with Gasteiger partial charge in [-0.1, -0.05) is 6.92 Å². The summed E-state index contributed by atoms with van der Waals surface area (Å²) in [7, 11) is 0. The van der Waals surface area contributed by atoms with Crippen LogP contribution in [0.5, 0.6) is 0 Å². The summed E-state index contributed by atoms with van der Waals surface area (Å²) in [5.41, 5.74) is 5.74. The van der Waals surface area contributed by atoms with Crippen molar-refractivity contribution in [2.45, 2.75) is 19.8 Å². The van der Waals surface area contributed by atoms with Gasteiger partial charge < -0.3 is 15.8 Å². The van der Waals surface area contributed by atoms with Gasteiger partial charge in [-0.3, -0.25) is 4.90 Å². The van der Waals surface area contributed by atoms with E-state index in [-0.39, 0.29) is 0 Å². The fraction of sp³-hybridized carbons (Fsp3) is 0.692. The van der Waals surface area contributed by atoms with Crippen LogP contribution in [0.1, 0.15) is 19.2 Å². The van der Waals surface area contributed by atoms with Crippen LogP contribution in [-0.4, -0.2) is 54.3 Å². The van der Waals surface area contributed by atoms with Crippen molar-refractivity contribution < 1.29 is 4.74 Å². The van der Waals surface area contributed by atoms with Gasteiger partial charge in [-0.15, -0.1) is 0 Å². The maximum absolute atomic E-state index is 5.74. The first-order chi connectivity index (χ1) is 9.28. The lowest BCUT2D eigenvalue weighted by molar-refractivity contribution is 0.0378. The van der Waals surface area contributed by atoms with Crippen LogP contribution >= 0.6 is 0 Å². The van der Waals surface area contributed by atoms with Crippen molar-refractivity contribution in [1.82, 2.24) is 14.9 Å². The summed E-state index contributed by atoms with van der Waals surface area (Å²) in [6.45, 7) is 7.82. The monoisotopic (exact) mass is 265 g/mol. The molecule has 1 aliphatic heterocycles. The summed E-state index contributed by atoms with van der Waals surface area (Å²) < 4.78 is 5.33. The van der Waals surface area contributed by atoms with Crippen molar-refractivity contribution in [1.29, 1.82) is 0 Å². The SMILES string of the molecule is CCc1nc(N)cc(NCCCN2CCOCC2)n1. The van der Waals surface area contributed by atoms with E-state index < -0.39 is 0 Å². The fourth-order valence-corrected chi connectivity index (χ4v) is 2.11. The third kappa shape index (κ3) is 4.65. The molecule has 6 nitrogen and oxygen atoms in total. The zero-order valence-corrected chi connectivity index (χ0v) is 11.6. The zero-order chi connectivity index (χ0) is 13.5. The van der Waals surface area contributed by atoms with E-state index in [1.54, 1.807) is 6.07 Å². The highest BCUT2D eigenvalue weighted by Crippen LogP contribution is 2.08. The first-order valence-corrected chi connectivity index (χ1v) is 6.95. The largest absolute Gasteiger partial charge is 0.384 e. The molecule has 0 saturated carbocycles. The van der Waals surface area contributed by atoms with Crippen molar-refractivity contribution in [3.8, 4) is 0 Å². The minimum Gasteiger partial charge on any atom is -0.384 e. The summed E-state index contributed by atoms with van der Waals surface area (Å²) in [4.78, 5) is 11.0. The Labute approximate surface area is 114 Å². The smallest absolute Gasteiger partial charge is 0.132 e. The number of aromatic nitrogens is 2. The van der Waals surface area contributed by atoms with Gasteiger partial charge in [-0.2, -0.15) is 0 Å². The third-order valence-electron chi connectivity index (χ3n) is 3.17. The molecular weight excluding hydrogens is 242 g/mol. The molecule has 1 fully saturated rings. The highest BCUT2D eigenvalue weighted by molar-refractivity contribution is 5.44. The quantitative estimate of drug-likeness (QED) is 0.739. The molecule has 19 heavy (non-hydrogen) atoms. The molecule has 1 aliphatic rings. The van der Waals surface area contributed by atoms with Crippen molar-refractivity contribution in [3.63, 3.8) is 0 Å². The molecule has 3 N–H and O–H groups in total. The number of anilines is 2. The number of ether oxygens (including phenoxy) is 1. The number of rotatable bonds is 6. The van der Waals surface area contributed by atoms with E-state index in [0.29, 0.717) is 5.82 Å². The van der Waals surface area contributed by atoms with Crippen LogP contribution < -0.4 is 11.1 Å². The Kier molecular flexibility index (Phi) is 5.35. The Morgan fingerprint density at radius 1 is 1.37 bits per heavy atom. The number of aryl methyl sites for hydroxylation is 1. The van der Waals surface area contributed by atoms with Gasteiger partial charge in [0.1, 0.15) is 17.5 Å². The van der Waals surface area contributed by atoms with Crippen molar-refractivity contribution in [2.75, 3.05) is 50.4 Å². The Morgan fingerprint density at radius 2 is 2.16 bits per heavy atom. The van der Waals surface area contributed by atoms with Gasteiger partial charge in [-0.25, -0.2) is 9.97 Å². The Morgan fingerprint density at radius 3 is 2.89 bits per heavy atom. The van der Waals surface area contributed by atoms with Gasteiger partial charge in [-0.05, 0) is 13.0 Å². The molecule has 1 saturated heterocycles. The second-order valence-electron chi connectivity index (χ2n) is 4.68. The molecule has 0 spiro atoms. The molecule has 0 aliphatic carbocycles. The summed E-state index contributed by atoms with van der Waals surface area (Å²) in [5.74, 6) is 2.14. The summed E-state index contributed by atoms with van der Waals surface area (Å²) in [6.07, 6.45) is 1.89. The number of hydrogen-bond donors (Lipinski definition) is 2. The second kappa shape index (κ2) is 7.25. The number of nitrogens with two attached hydrogens (primary N) is 1. The molecule has 0 amide bonds. The van der Waals surface area contributed by atoms with Gasteiger partial charge in [0.15, 0.2) is 0 Å². The lowest BCUT2D eigenvalue weighted by Gasteiger charge is -2.26. The molecule has 1 aromatic heterocycles. The minimum atomic E-state index is 0.530. The number of hydrogen-bond acceptors (Lipinski definition) is 6. The fourth-order valence-electron chi connectivity index (χ4n) is 2.11. The van der Waals surface area contributed by atoms with Crippen molar-refractivity contribution in [3.05, 3.63) is 11.9 Å². The van der Waals surface area contributed by atoms with Crippen LogP contribution in [0, 0.1) is 0 Å². The average molecular weight is 265 g/mol. The highest BCUT2D eigenvalue weighted by Gasteiger charge is 2.09. The molecule has 2 rings (SSSR count). The van der Waals surface area contributed by atoms with Gasteiger partial charge in [0.25, 0.3) is 0 Å². The van der Waals surface area contributed by atoms with E-state index >= 15 is 0 Å². The summed E-state index contributed by atoms with van der Waals surface area (Å²) >= 11 is 0. The molecule has 0 aromatic carbocycles. The molecule has 2 heterocycles. The molecular formula is C13H23N5O. The number of nitrogen functional groups attached to an aromatic ring is 1. The molecule has 106 valence electrons. The zero-order valence-electron chi connectivity index (χ0n) is 11.6. The van der Waals surface area contributed by atoms with E-state index in [1.165, 1.54) is 0 Å². The molecule has 0 radical (unpaired) electrons. The summed E-state index contributed by atoms with van der Waals surface area (Å²) in [5, 5.41) is 3.31. The van der Waals surface area contributed by atoms with Gasteiger partial charge >= 0.3 is 0 Å². The van der Waals surface area contributed by atoms with E-state index in [4.69, 9.17) is 10.5 Å². The Bertz CT molecular complexity index is 393. The van der Waals surface area contributed by atoms with Crippen LogP contribution in [-0.2, 0) is 11.2 Å². The Hall–Kier alpha value is -1.40. The van der Waals surface area contributed by atoms with Crippen molar-refractivity contribution in [2.24, 2.45) is 0 Å². The van der Waals surface area contributed by atoms with E-state index in [1.807, 2.05) is 6.92 Å². The average Bonchev–Trinajstić information content (AvgIpc) is 2.44. The van der Waals surface area contributed by atoms with Gasteiger partial charge in [0, 0.05) is 32.1 Å².